The van der Waals surface area contributed by atoms with Gasteiger partial charge < -0.3 is 15.4 Å². The van der Waals surface area contributed by atoms with Crippen LogP contribution in [0.1, 0.15) is 21.0 Å². The van der Waals surface area contributed by atoms with Crippen molar-refractivity contribution in [3.63, 3.8) is 0 Å². The number of thiophene rings is 1. The zero-order valence-corrected chi connectivity index (χ0v) is 18.6. The number of benzene rings is 2. The van der Waals surface area contributed by atoms with E-state index in [4.69, 9.17) is 4.74 Å². The van der Waals surface area contributed by atoms with E-state index in [-0.39, 0.29) is 11.7 Å². The Hall–Kier alpha value is -4.38. The van der Waals surface area contributed by atoms with Crippen LogP contribution in [0.5, 0.6) is 0 Å². The number of esters is 1. The van der Waals surface area contributed by atoms with E-state index >= 15 is 0 Å². The smallest absolute Gasteiger partial charge is 0.378 e. The number of ether oxygens (including phenoxy) is 1. The number of nitrogens with one attached hydrogen (secondary N) is 2. The number of carbonyl (C=O) groups is 3. The molecule has 11 heteroatoms. The van der Waals surface area contributed by atoms with Gasteiger partial charge in [-0.25, -0.2) is 13.9 Å². The van der Waals surface area contributed by atoms with Gasteiger partial charge in [0.1, 0.15) is 5.82 Å². The predicted octanol–water partition coefficient (Wildman–Crippen LogP) is 3.29. The number of anilines is 1. The average Bonchev–Trinajstić information content (AvgIpc) is 3.53. The topological polar surface area (TPSA) is 115 Å². The first-order valence-electron chi connectivity index (χ1n) is 10.0. The van der Waals surface area contributed by atoms with E-state index < -0.39 is 24.3 Å². The summed E-state index contributed by atoms with van der Waals surface area (Å²) < 4.78 is 19.8. The fourth-order valence-corrected chi connectivity index (χ4v) is 3.67. The maximum Gasteiger partial charge on any atom is 0.378 e. The van der Waals surface area contributed by atoms with Crippen LogP contribution in [-0.2, 0) is 9.53 Å². The number of aromatic nitrogens is 3. The van der Waals surface area contributed by atoms with E-state index in [1.165, 1.54) is 47.3 Å². The number of amides is 2. The molecule has 0 saturated carbocycles. The second-order valence-corrected chi connectivity index (χ2v) is 7.85. The Morgan fingerprint density at radius 1 is 1.06 bits per heavy atom. The lowest BCUT2D eigenvalue weighted by Gasteiger charge is -2.06. The summed E-state index contributed by atoms with van der Waals surface area (Å²) in [5.41, 5.74) is 1.39. The summed E-state index contributed by atoms with van der Waals surface area (Å²) in [7, 11) is 1.52. The van der Waals surface area contributed by atoms with E-state index in [9.17, 15) is 18.8 Å². The fraction of sp³-hybridized carbons (Fsp3) is 0.0870. The van der Waals surface area contributed by atoms with Gasteiger partial charge in [-0.15, -0.1) is 16.4 Å². The molecule has 0 spiro atoms. The second kappa shape index (κ2) is 10.0. The molecule has 0 unspecified atom stereocenters. The Labute approximate surface area is 197 Å². The lowest BCUT2D eigenvalue weighted by atomic mass is 10.2. The van der Waals surface area contributed by atoms with Gasteiger partial charge >= 0.3 is 5.97 Å². The van der Waals surface area contributed by atoms with Crippen molar-refractivity contribution in [1.29, 1.82) is 0 Å². The minimum absolute atomic E-state index is 0.240. The molecule has 0 aliphatic rings. The van der Waals surface area contributed by atoms with Crippen molar-refractivity contribution in [2.24, 2.45) is 0 Å². The van der Waals surface area contributed by atoms with E-state index in [0.717, 1.165) is 4.88 Å². The third-order valence-electron chi connectivity index (χ3n) is 4.59. The number of halogens is 1. The summed E-state index contributed by atoms with van der Waals surface area (Å²) in [6.45, 7) is -0.560. The fourth-order valence-electron chi connectivity index (χ4n) is 2.97. The Kier molecular flexibility index (Phi) is 6.74. The molecule has 4 aromatic rings. The minimum Gasteiger partial charge on any atom is -0.450 e. The lowest BCUT2D eigenvalue weighted by Crippen LogP contribution is -2.22. The standard InChI is InChI=1S/C23H18FN5O4S/c1-25-22(31)14-4-8-16(9-5-14)26-19(30)13-33-23(32)20-27-21(18-3-2-12-34-18)29(28-20)17-10-6-15(24)7-11-17/h2-12H,13H2,1H3,(H,25,31)(H,26,30). The Morgan fingerprint density at radius 2 is 1.79 bits per heavy atom. The number of hydrogen-bond donors (Lipinski definition) is 2. The van der Waals surface area contributed by atoms with E-state index in [0.29, 0.717) is 22.8 Å². The van der Waals surface area contributed by atoms with Crippen molar-refractivity contribution < 1.29 is 23.5 Å². The van der Waals surface area contributed by atoms with Crippen molar-refractivity contribution in [2.75, 3.05) is 19.0 Å². The molecule has 34 heavy (non-hydrogen) atoms. The van der Waals surface area contributed by atoms with Gasteiger partial charge in [-0.1, -0.05) is 6.07 Å². The molecule has 0 atom stereocenters. The molecule has 172 valence electrons. The summed E-state index contributed by atoms with van der Waals surface area (Å²) >= 11 is 1.40. The molecule has 2 amide bonds. The van der Waals surface area contributed by atoms with Crippen LogP contribution in [0.2, 0.25) is 0 Å². The molecule has 0 radical (unpaired) electrons. The molecule has 0 saturated heterocycles. The molecule has 0 bridgehead atoms. The molecular formula is C23H18FN5O4S. The number of carbonyl (C=O) groups excluding carboxylic acids is 3. The van der Waals surface area contributed by atoms with Crippen molar-refractivity contribution in [3.8, 4) is 16.4 Å². The predicted molar refractivity (Wildman–Crippen MR) is 123 cm³/mol. The van der Waals surface area contributed by atoms with Gasteiger partial charge in [0.25, 0.3) is 17.6 Å². The quantitative estimate of drug-likeness (QED) is 0.393. The molecule has 2 heterocycles. The van der Waals surface area contributed by atoms with Crippen molar-refractivity contribution >= 4 is 34.8 Å². The van der Waals surface area contributed by atoms with E-state index in [2.05, 4.69) is 20.7 Å². The molecule has 2 aromatic carbocycles. The van der Waals surface area contributed by atoms with Crippen LogP contribution in [0.4, 0.5) is 10.1 Å². The zero-order valence-electron chi connectivity index (χ0n) is 17.8. The molecule has 4 rings (SSSR count). The monoisotopic (exact) mass is 479 g/mol. The summed E-state index contributed by atoms with van der Waals surface area (Å²) in [5, 5.41) is 11.1. The first kappa shape index (κ1) is 22.8. The number of rotatable bonds is 7. The van der Waals surface area contributed by atoms with Crippen LogP contribution in [0.25, 0.3) is 16.4 Å². The zero-order chi connectivity index (χ0) is 24.1. The second-order valence-electron chi connectivity index (χ2n) is 6.91. The third-order valence-corrected chi connectivity index (χ3v) is 5.46. The van der Waals surface area contributed by atoms with Crippen LogP contribution >= 0.6 is 11.3 Å². The Morgan fingerprint density at radius 3 is 2.44 bits per heavy atom. The first-order valence-corrected chi connectivity index (χ1v) is 10.9. The molecule has 0 aliphatic heterocycles. The molecule has 2 N–H and O–H groups in total. The highest BCUT2D eigenvalue weighted by Crippen LogP contribution is 2.26. The van der Waals surface area contributed by atoms with Crippen molar-refractivity contribution in [2.45, 2.75) is 0 Å². The molecule has 9 nitrogen and oxygen atoms in total. The third kappa shape index (κ3) is 5.15. The Balaban J connectivity index is 1.44. The van der Waals surface area contributed by atoms with Crippen LogP contribution < -0.4 is 10.6 Å². The highest BCUT2D eigenvalue weighted by Gasteiger charge is 2.21. The number of nitrogens with zero attached hydrogens (tertiary/aromatic N) is 3. The van der Waals surface area contributed by atoms with Crippen molar-refractivity contribution in [3.05, 3.63) is 83.2 Å². The molecule has 2 aromatic heterocycles. The maximum absolute atomic E-state index is 13.3. The van der Waals surface area contributed by atoms with Crippen LogP contribution in [0.15, 0.2) is 66.0 Å². The maximum atomic E-state index is 13.3. The minimum atomic E-state index is -0.885. The van der Waals surface area contributed by atoms with Gasteiger partial charge in [0, 0.05) is 18.3 Å². The van der Waals surface area contributed by atoms with Gasteiger partial charge in [-0.05, 0) is 60.0 Å². The molecular weight excluding hydrogens is 461 g/mol. The SMILES string of the molecule is CNC(=O)c1ccc(NC(=O)COC(=O)c2nc(-c3cccs3)n(-c3ccc(F)cc3)n2)cc1. The normalized spacial score (nSPS) is 10.5. The summed E-state index contributed by atoms with van der Waals surface area (Å²) in [4.78, 5) is 41.3. The summed E-state index contributed by atoms with van der Waals surface area (Å²) in [5.74, 6) is -1.97. The summed E-state index contributed by atoms with van der Waals surface area (Å²) in [6.07, 6.45) is 0. The van der Waals surface area contributed by atoms with Crippen molar-refractivity contribution in [1.82, 2.24) is 20.1 Å². The van der Waals surface area contributed by atoms with Gasteiger partial charge in [-0.3, -0.25) is 9.59 Å². The van der Waals surface area contributed by atoms with E-state index in [1.54, 1.807) is 24.3 Å². The highest BCUT2D eigenvalue weighted by atomic mass is 32.1. The van der Waals surface area contributed by atoms with Gasteiger partial charge in [-0.2, -0.15) is 4.98 Å². The van der Waals surface area contributed by atoms with Gasteiger partial charge in [0.05, 0.1) is 10.6 Å². The lowest BCUT2D eigenvalue weighted by molar-refractivity contribution is -0.119. The van der Waals surface area contributed by atoms with Crippen LogP contribution in [-0.4, -0.2) is 46.2 Å². The highest BCUT2D eigenvalue weighted by molar-refractivity contribution is 7.13. The van der Waals surface area contributed by atoms with Gasteiger partial charge in [0.2, 0.25) is 0 Å². The summed E-state index contributed by atoms with van der Waals surface area (Å²) in [6, 6.07) is 15.4. The van der Waals surface area contributed by atoms with Crippen LogP contribution in [0.3, 0.4) is 0 Å². The van der Waals surface area contributed by atoms with Crippen LogP contribution in [0, 0.1) is 5.82 Å². The molecule has 0 fully saturated rings. The number of hydrogen-bond acceptors (Lipinski definition) is 7. The Bertz CT molecular complexity index is 1320. The largest absolute Gasteiger partial charge is 0.450 e. The average molecular weight is 479 g/mol. The first-order chi connectivity index (χ1) is 16.4. The molecule has 0 aliphatic carbocycles. The van der Waals surface area contributed by atoms with Gasteiger partial charge in [0.15, 0.2) is 12.4 Å². The van der Waals surface area contributed by atoms with E-state index in [1.807, 2.05) is 17.5 Å².